The molecule has 2 rings (SSSR count). The number of nitrogens with zero attached hydrogens (tertiary/aromatic N) is 3. The predicted molar refractivity (Wildman–Crippen MR) is 70.1 cm³/mol. The molecule has 0 unspecified atom stereocenters. The monoisotopic (exact) mass is 261 g/mol. The van der Waals surface area contributed by atoms with Gasteiger partial charge in [-0.2, -0.15) is 0 Å². The quantitative estimate of drug-likeness (QED) is 0.661. The van der Waals surface area contributed by atoms with Crippen LogP contribution in [0.3, 0.4) is 0 Å². The molecule has 0 aliphatic heterocycles. The van der Waals surface area contributed by atoms with Crippen LogP contribution < -0.4 is 0 Å². The van der Waals surface area contributed by atoms with Crippen LogP contribution in [0.2, 0.25) is 0 Å². The summed E-state index contributed by atoms with van der Waals surface area (Å²) < 4.78 is 1.72. The van der Waals surface area contributed by atoms with Crippen molar-refractivity contribution < 1.29 is 10.0 Å². The fraction of sp³-hybridized carbons (Fsp3) is 0.308. The van der Waals surface area contributed by atoms with Crippen LogP contribution in [0.15, 0.2) is 30.6 Å². The number of aromatic nitrogens is 2. The molecule has 0 radical (unpaired) electrons. The number of benzene rings is 1. The zero-order chi connectivity index (χ0) is 13.8. The molecule has 100 valence electrons. The Morgan fingerprint density at radius 1 is 1.47 bits per heavy atom. The molecule has 6 heteroatoms. The molecule has 0 bridgehead atoms. The molecule has 0 atom stereocenters. The fourth-order valence-electron chi connectivity index (χ4n) is 1.98. The van der Waals surface area contributed by atoms with E-state index in [2.05, 4.69) is 4.98 Å². The van der Waals surface area contributed by atoms with E-state index in [-0.39, 0.29) is 12.3 Å². The average molecular weight is 261 g/mol. The van der Waals surface area contributed by atoms with Crippen molar-refractivity contribution in [2.75, 3.05) is 0 Å². The lowest BCUT2D eigenvalue weighted by Gasteiger charge is -2.08. The normalized spacial score (nSPS) is 10.6. The van der Waals surface area contributed by atoms with Gasteiger partial charge in [-0.05, 0) is 18.1 Å². The Morgan fingerprint density at radius 3 is 2.89 bits per heavy atom. The Kier molecular flexibility index (Phi) is 3.91. The van der Waals surface area contributed by atoms with E-state index in [0.717, 1.165) is 18.7 Å². The van der Waals surface area contributed by atoms with Crippen LogP contribution >= 0.6 is 0 Å². The largest absolute Gasteiger partial charge is 0.392 e. The first-order valence-corrected chi connectivity index (χ1v) is 6.08. The molecule has 19 heavy (non-hydrogen) atoms. The smallest absolute Gasteiger partial charge is 0.293 e. The number of nitro benzene ring substituents is 1. The third-order valence-electron chi connectivity index (χ3n) is 2.87. The number of aliphatic hydroxyl groups is 1. The molecule has 0 saturated carbocycles. The molecule has 6 nitrogen and oxygen atoms in total. The van der Waals surface area contributed by atoms with Crippen molar-refractivity contribution in [3.63, 3.8) is 0 Å². The fourth-order valence-corrected chi connectivity index (χ4v) is 1.98. The summed E-state index contributed by atoms with van der Waals surface area (Å²) in [5.74, 6) is 0.794. The van der Waals surface area contributed by atoms with Crippen molar-refractivity contribution >= 4 is 5.69 Å². The first kappa shape index (κ1) is 13.2. The summed E-state index contributed by atoms with van der Waals surface area (Å²) in [7, 11) is 0. The minimum atomic E-state index is -0.440. The van der Waals surface area contributed by atoms with Crippen LogP contribution in [0, 0.1) is 10.1 Å². The van der Waals surface area contributed by atoms with Gasteiger partial charge in [0.05, 0.1) is 11.5 Å². The van der Waals surface area contributed by atoms with E-state index in [0.29, 0.717) is 11.3 Å². The van der Waals surface area contributed by atoms with Gasteiger partial charge in [-0.15, -0.1) is 0 Å². The van der Waals surface area contributed by atoms with Crippen molar-refractivity contribution in [3.8, 4) is 5.69 Å². The molecule has 1 aromatic heterocycles. The maximum atomic E-state index is 11.1. The topological polar surface area (TPSA) is 81.2 Å². The lowest BCUT2D eigenvalue weighted by atomic mass is 10.1. The highest BCUT2D eigenvalue weighted by Gasteiger charge is 2.17. The molecular formula is C13H15N3O3. The Morgan fingerprint density at radius 2 is 2.26 bits per heavy atom. The van der Waals surface area contributed by atoms with Crippen molar-refractivity contribution in [1.82, 2.24) is 9.55 Å². The number of aliphatic hydroxyl groups excluding tert-OH is 1. The van der Waals surface area contributed by atoms with Crippen LogP contribution in [0.25, 0.3) is 5.69 Å². The van der Waals surface area contributed by atoms with Gasteiger partial charge in [-0.3, -0.25) is 14.7 Å². The Bertz CT molecular complexity index is 593. The zero-order valence-electron chi connectivity index (χ0n) is 10.6. The van der Waals surface area contributed by atoms with Gasteiger partial charge in [0.1, 0.15) is 11.5 Å². The van der Waals surface area contributed by atoms with Crippen LogP contribution in [0.1, 0.15) is 24.7 Å². The van der Waals surface area contributed by atoms with Crippen molar-refractivity contribution in [2.24, 2.45) is 0 Å². The Labute approximate surface area is 110 Å². The minimum Gasteiger partial charge on any atom is -0.392 e. The Balaban J connectivity index is 2.54. The summed E-state index contributed by atoms with van der Waals surface area (Å²) in [6.07, 6.45) is 5.02. The van der Waals surface area contributed by atoms with Crippen LogP contribution in [0.4, 0.5) is 5.69 Å². The Hall–Kier alpha value is -2.21. The highest BCUT2D eigenvalue weighted by atomic mass is 16.6. The molecule has 2 aromatic rings. The number of nitro groups is 1. The van der Waals surface area contributed by atoms with Crippen LogP contribution in [-0.4, -0.2) is 19.6 Å². The average Bonchev–Trinajstić information content (AvgIpc) is 2.86. The van der Waals surface area contributed by atoms with E-state index in [1.165, 1.54) is 6.07 Å². The molecule has 1 aromatic carbocycles. The number of hydrogen-bond donors (Lipinski definition) is 1. The van der Waals surface area contributed by atoms with E-state index < -0.39 is 4.92 Å². The summed E-state index contributed by atoms with van der Waals surface area (Å²) in [5, 5.41) is 20.2. The molecule has 1 heterocycles. The minimum absolute atomic E-state index is 0.0260. The molecule has 0 amide bonds. The maximum Gasteiger partial charge on any atom is 0.293 e. The second-order valence-corrected chi connectivity index (χ2v) is 4.20. The number of aryl methyl sites for hydroxylation is 1. The molecule has 0 spiro atoms. The van der Waals surface area contributed by atoms with Gasteiger partial charge in [0.2, 0.25) is 0 Å². The SMILES string of the molecule is CCCc1nccn1-c1ccc(CO)cc1[N+](=O)[O-]. The van der Waals surface area contributed by atoms with Gasteiger partial charge in [0.15, 0.2) is 0 Å². The van der Waals surface area contributed by atoms with E-state index in [1.54, 1.807) is 29.1 Å². The maximum absolute atomic E-state index is 11.1. The van der Waals surface area contributed by atoms with Crippen molar-refractivity contribution in [2.45, 2.75) is 26.4 Å². The number of rotatable bonds is 5. The zero-order valence-corrected chi connectivity index (χ0v) is 10.6. The summed E-state index contributed by atoms with van der Waals surface area (Å²) in [6.45, 7) is 1.81. The standard InChI is InChI=1S/C13H15N3O3/c1-2-3-13-14-6-7-15(13)11-5-4-10(9-17)8-12(11)16(18)19/h4-8,17H,2-3,9H2,1H3. The first-order chi connectivity index (χ1) is 9.17. The second kappa shape index (κ2) is 5.62. The third-order valence-corrected chi connectivity index (χ3v) is 2.87. The van der Waals surface area contributed by atoms with E-state index in [4.69, 9.17) is 5.11 Å². The van der Waals surface area contributed by atoms with Gasteiger partial charge < -0.3 is 5.11 Å². The lowest BCUT2D eigenvalue weighted by Crippen LogP contribution is -2.04. The molecule has 0 aliphatic rings. The molecular weight excluding hydrogens is 246 g/mol. The number of imidazole rings is 1. The van der Waals surface area contributed by atoms with Crippen molar-refractivity contribution in [3.05, 3.63) is 52.1 Å². The third kappa shape index (κ3) is 2.63. The van der Waals surface area contributed by atoms with Crippen LogP contribution in [0.5, 0.6) is 0 Å². The first-order valence-electron chi connectivity index (χ1n) is 6.08. The molecule has 0 aliphatic carbocycles. The van der Waals surface area contributed by atoms with Crippen LogP contribution in [-0.2, 0) is 13.0 Å². The predicted octanol–water partition coefficient (Wildman–Crippen LogP) is 2.23. The summed E-state index contributed by atoms with van der Waals surface area (Å²) >= 11 is 0. The lowest BCUT2D eigenvalue weighted by molar-refractivity contribution is -0.384. The van der Waals surface area contributed by atoms with Gasteiger partial charge in [-0.25, -0.2) is 4.98 Å². The van der Waals surface area contributed by atoms with E-state index in [1.807, 2.05) is 6.92 Å². The van der Waals surface area contributed by atoms with Crippen molar-refractivity contribution in [1.29, 1.82) is 0 Å². The summed E-state index contributed by atoms with van der Waals surface area (Å²) in [4.78, 5) is 14.9. The van der Waals surface area contributed by atoms with Gasteiger partial charge in [0.25, 0.3) is 5.69 Å². The summed E-state index contributed by atoms with van der Waals surface area (Å²) in [6, 6.07) is 4.72. The van der Waals surface area contributed by atoms with E-state index in [9.17, 15) is 10.1 Å². The highest BCUT2D eigenvalue weighted by Crippen LogP contribution is 2.25. The highest BCUT2D eigenvalue weighted by molar-refractivity contribution is 5.54. The van der Waals surface area contributed by atoms with Gasteiger partial charge in [0, 0.05) is 24.9 Å². The summed E-state index contributed by atoms with van der Waals surface area (Å²) in [5.41, 5.74) is 0.970. The van der Waals surface area contributed by atoms with Gasteiger partial charge in [-0.1, -0.05) is 13.0 Å². The number of hydrogen-bond acceptors (Lipinski definition) is 4. The van der Waals surface area contributed by atoms with Gasteiger partial charge >= 0.3 is 0 Å². The molecule has 0 fully saturated rings. The second-order valence-electron chi connectivity index (χ2n) is 4.20. The van der Waals surface area contributed by atoms with E-state index >= 15 is 0 Å². The molecule has 1 N–H and O–H groups in total. The molecule has 0 saturated heterocycles.